The van der Waals surface area contributed by atoms with Gasteiger partial charge in [0.1, 0.15) is 0 Å². The Balaban J connectivity index is 3.27. The number of alkyl halides is 3. The summed E-state index contributed by atoms with van der Waals surface area (Å²) in [7, 11) is -3.84. The van der Waals surface area contributed by atoms with E-state index in [1.165, 1.54) is 19.9 Å². The number of anilines is 1. The zero-order chi connectivity index (χ0) is 14.1. The molecule has 0 radical (unpaired) electrons. The third kappa shape index (κ3) is 3.52. The van der Waals surface area contributed by atoms with Crippen LogP contribution >= 0.6 is 11.6 Å². The van der Waals surface area contributed by atoms with Crippen LogP contribution in [0.3, 0.4) is 0 Å². The number of halogens is 4. The van der Waals surface area contributed by atoms with Crippen LogP contribution in [0.5, 0.6) is 0 Å². The van der Waals surface area contributed by atoms with Gasteiger partial charge in [-0.3, -0.25) is 4.72 Å². The van der Waals surface area contributed by atoms with Crippen LogP contribution in [0.4, 0.5) is 18.9 Å². The van der Waals surface area contributed by atoms with E-state index < -0.39 is 32.7 Å². The van der Waals surface area contributed by atoms with Crippen molar-refractivity contribution in [1.29, 1.82) is 0 Å². The fourth-order valence-corrected chi connectivity index (χ4v) is 2.00. The molecule has 3 nitrogen and oxygen atoms in total. The lowest BCUT2D eigenvalue weighted by Crippen LogP contribution is -2.24. The quantitative estimate of drug-likeness (QED) is 0.928. The molecule has 0 spiro atoms. The topological polar surface area (TPSA) is 46.2 Å². The van der Waals surface area contributed by atoms with Crippen LogP contribution in [-0.2, 0) is 16.2 Å². The highest BCUT2D eigenvalue weighted by Gasteiger charge is 2.35. The highest BCUT2D eigenvalue weighted by atomic mass is 35.5. The van der Waals surface area contributed by atoms with E-state index in [9.17, 15) is 21.6 Å². The Hall–Kier alpha value is -0.950. The Kier molecular flexibility index (Phi) is 4.17. The lowest BCUT2D eigenvalue weighted by Gasteiger charge is -2.16. The standard InChI is InChI=1S/C10H11ClF3NO2S/c1-6(2)18(16,17)15-9-4-3-7(11)5-8(9)10(12,13)14/h3-6,15H,1-2H3. The van der Waals surface area contributed by atoms with Gasteiger partial charge >= 0.3 is 6.18 Å². The summed E-state index contributed by atoms with van der Waals surface area (Å²) in [5.74, 6) is 0. The van der Waals surface area contributed by atoms with E-state index in [4.69, 9.17) is 11.6 Å². The van der Waals surface area contributed by atoms with Crippen molar-refractivity contribution in [2.24, 2.45) is 0 Å². The van der Waals surface area contributed by atoms with Crippen LogP contribution in [0.1, 0.15) is 19.4 Å². The number of hydrogen-bond acceptors (Lipinski definition) is 2. The molecule has 0 atom stereocenters. The summed E-state index contributed by atoms with van der Waals surface area (Å²) in [4.78, 5) is 0. The van der Waals surface area contributed by atoms with E-state index in [0.717, 1.165) is 6.07 Å². The summed E-state index contributed by atoms with van der Waals surface area (Å²) in [5.41, 5.74) is -1.64. The molecule has 1 aromatic rings. The molecule has 0 saturated heterocycles. The molecule has 0 aliphatic rings. The monoisotopic (exact) mass is 301 g/mol. The van der Waals surface area contributed by atoms with Gasteiger partial charge in [-0.1, -0.05) is 11.6 Å². The highest BCUT2D eigenvalue weighted by molar-refractivity contribution is 7.93. The third-order valence-electron chi connectivity index (χ3n) is 2.16. The van der Waals surface area contributed by atoms with Crippen LogP contribution in [0.15, 0.2) is 18.2 Å². The zero-order valence-electron chi connectivity index (χ0n) is 9.55. The van der Waals surface area contributed by atoms with Gasteiger partial charge in [0.2, 0.25) is 10.0 Å². The van der Waals surface area contributed by atoms with Crippen molar-refractivity contribution in [3.8, 4) is 0 Å². The molecule has 0 unspecified atom stereocenters. The van der Waals surface area contributed by atoms with Crippen LogP contribution in [-0.4, -0.2) is 13.7 Å². The van der Waals surface area contributed by atoms with E-state index in [-0.39, 0.29) is 5.02 Å². The summed E-state index contributed by atoms with van der Waals surface area (Å²) >= 11 is 5.48. The molecule has 0 amide bonds. The molecular formula is C10H11ClF3NO2S. The van der Waals surface area contributed by atoms with Crippen molar-refractivity contribution >= 4 is 27.3 Å². The van der Waals surface area contributed by atoms with Gasteiger partial charge in [0, 0.05) is 5.02 Å². The second kappa shape index (κ2) is 4.97. The van der Waals surface area contributed by atoms with Gasteiger partial charge in [-0.25, -0.2) is 8.42 Å². The van der Waals surface area contributed by atoms with E-state index in [1.807, 2.05) is 4.72 Å². The average Bonchev–Trinajstić information content (AvgIpc) is 2.18. The smallest absolute Gasteiger partial charge is 0.283 e. The molecule has 0 bridgehead atoms. The molecule has 18 heavy (non-hydrogen) atoms. The van der Waals surface area contributed by atoms with Crippen molar-refractivity contribution in [2.75, 3.05) is 4.72 Å². The summed E-state index contributed by atoms with van der Waals surface area (Å²) in [6.45, 7) is 2.73. The summed E-state index contributed by atoms with van der Waals surface area (Å²) in [5, 5.41) is -0.955. The fraction of sp³-hybridized carbons (Fsp3) is 0.400. The minimum absolute atomic E-state index is 0.116. The van der Waals surface area contributed by atoms with Crippen LogP contribution in [0.2, 0.25) is 5.02 Å². The molecule has 8 heteroatoms. The van der Waals surface area contributed by atoms with Crippen LogP contribution in [0.25, 0.3) is 0 Å². The maximum atomic E-state index is 12.7. The van der Waals surface area contributed by atoms with Crippen LogP contribution < -0.4 is 4.72 Å². The maximum Gasteiger partial charge on any atom is 0.418 e. The van der Waals surface area contributed by atoms with Gasteiger partial charge in [0.25, 0.3) is 0 Å². The van der Waals surface area contributed by atoms with Gasteiger partial charge in [-0.05, 0) is 32.0 Å². The van der Waals surface area contributed by atoms with Crippen molar-refractivity contribution in [1.82, 2.24) is 0 Å². The van der Waals surface area contributed by atoms with Crippen molar-refractivity contribution in [3.05, 3.63) is 28.8 Å². The first-order valence-electron chi connectivity index (χ1n) is 4.92. The number of hydrogen-bond donors (Lipinski definition) is 1. The van der Waals surface area contributed by atoms with Crippen molar-refractivity contribution in [2.45, 2.75) is 25.3 Å². The maximum absolute atomic E-state index is 12.7. The number of nitrogens with one attached hydrogen (secondary N) is 1. The predicted molar refractivity (Wildman–Crippen MR) is 64.1 cm³/mol. The first kappa shape index (κ1) is 15.1. The van der Waals surface area contributed by atoms with E-state index in [1.54, 1.807) is 0 Å². The molecule has 0 aromatic heterocycles. The average molecular weight is 302 g/mol. The fourth-order valence-electron chi connectivity index (χ4n) is 1.11. The van der Waals surface area contributed by atoms with Gasteiger partial charge < -0.3 is 0 Å². The zero-order valence-corrected chi connectivity index (χ0v) is 11.1. The molecule has 0 aliphatic heterocycles. The lowest BCUT2D eigenvalue weighted by atomic mass is 10.2. The number of sulfonamides is 1. The normalized spacial score (nSPS) is 12.8. The van der Waals surface area contributed by atoms with Crippen molar-refractivity contribution in [3.63, 3.8) is 0 Å². The Morgan fingerprint density at radius 1 is 1.28 bits per heavy atom. The summed E-state index contributed by atoms with van der Waals surface area (Å²) in [6.07, 6.45) is -4.68. The second-order valence-corrected chi connectivity index (χ2v) is 6.56. The Bertz CT molecular complexity index is 541. The van der Waals surface area contributed by atoms with E-state index >= 15 is 0 Å². The highest BCUT2D eigenvalue weighted by Crippen LogP contribution is 2.37. The first-order chi connectivity index (χ1) is 8.04. The molecule has 0 aliphatic carbocycles. The van der Waals surface area contributed by atoms with Crippen LogP contribution in [0, 0.1) is 0 Å². The molecule has 1 N–H and O–H groups in total. The van der Waals surface area contributed by atoms with Gasteiger partial charge in [0.15, 0.2) is 0 Å². The third-order valence-corrected chi connectivity index (χ3v) is 4.14. The predicted octanol–water partition coefficient (Wildman–Crippen LogP) is 3.51. The molecule has 0 saturated carbocycles. The summed E-state index contributed by atoms with van der Waals surface area (Å²) < 4.78 is 63.2. The first-order valence-corrected chi connectivity index (χ1v) is 6.85. The van der Waals surface area contributed by atoms with Gasteiger partial charge in [-0.15, -0.1) is 0 Å². The SMILES string of the molecule is CC(C)S(=O)(=O)Nc1ccc(Cl)cc1C(F)(F)F. The van der Waals surface area contributed by atoms with E-state index in [2.05, 4.69) is 0 Å². The molecule has 102 valence electrons. The van der Waals surface area contributed by atoms with Gasteiger partial charge in [0.05, 0.1) is 16.5 Å². The molecule has 1 rings (SSSR count). The minimum atomic E-state index is -4.68. The number of rotatable bonds is 3. The molecule has 1 aromatic carbocycles. The largest absolute Gasteiger partial charge is 0.418 e. The Morgan fingerprint density at radius 3 is 2.28 bits per heavy atom. The molecule has 0 heterocycles. The molecule has 0 fully saturated rings. The summed E-state index contributed by atoms with van der Waals surface area (Å²) in [6, 6.07) is 2.86. The lowest BCUT2D eigenvalue weighted by molar-refractivity contribution is -0.136. The second-order valence-electron chi connectivity index (χ2n) is 3.88. The Morgan fingerprint density at radius 2 is 1.83 bits per heavy atom. The number of benzene rings is 1. The van der Waals surface area contributed by atoms with E-state index in [0.29, 0.717) is 6.07 Å². The minimum Gasteiger partial charge on any atom is -0.283 e. The van der Waals surface area contributed by atoms with Gasteiger partial charge in [-0.2, -0.15) is 13.2 Å². The Labute approximate surface area is 108 Å². The molecular weight excluding hydrogens is 291 g/mol. The van der Waals surface area contributed by atoms with Crippen molar-refractivity contribution < 1.29 is 21.6 Å².